The van der Waals surface area contributed by atoms with Crippen LogP contribution in [-0.4, -0.2) is 58.1 Å². The average molecular weight is 591 g/mol. The first-order chi connectivity index (χ1) is 19.4. The van der Waals surface area contributed by atoms with Gasteiger partial charge in [-0.25, -0.2) is 4.98 Å². The lowest BCUT2D eigenvalue weighted by atomic mass is 10.1. The van der Waals surface area contributed by atoms with Crippen molar-refractivity contribution in [2.75, 3.05) is 20.3 Å². The van der Waals surface area contributed by atoms with Crippen molar-refractivity contribution in [1.82, 2.24) is 14.9 Å². The molecule has 1 fully saturated rings. The van der Waals surface area contributed by atoms with Gasteiger partial charge in [0, 0.05) is 5.02 Å². The van der Waals surface area contributed by atoms with Crippen molar-refractivity contribution in [3.05, 3.63) is 93.3 Å². The third-order valence-electron chi connectivity index (χ3n) is 6.12. The van der Waals surface area contributed by atoms with E-state index in [1.807, 2.05) is 36.4 Å². The second kappa shape index (κ2) is 10.9. The van der Waals surface area contributed by atoms with Gasteiger partial charge in [-0.2, -0.15) is 4.99 Å². The van der Waals surface area contributed by atoms with Gasteiger partial charge in [0.1, 0.15) is 5.75 Å². The highest BCUT2D eigenvalue weighted by atomic mass is 35.5. The van der Waals surface area contributed by atoms with Crippen LogP contribution in [0.25, 0.3) is 16.3 Å². The molecule has 0 unspecified atom stereocenters. The molecule has 3 heterocycles. The summed E-state index contributed by atoms with van der Waals surface area (Å²) in [5.41, 5.74) is 2.12. The van der Waals surface area contributed by atoms with E-state index in [0.29, 0.717) is 26.0 Å². The summed E-state index contributed by atoms with van der Waals surface area (Å²) in [5.74, 6) is -0.651. The van der Waals surface area contributed by atoms with Crippen molar-refractivity contribution < 1.29 is 24.0 Å². The largest absolute Gasteiger partial charge is 0.497 e. The van der Waals surface area contributed by atoms with Crippen molar-refractivity contribution in [3.63, 3.8) is 0 Å². The number of hydroxylamine groups is 2. The number of hydrogen-bond acceptors (Lipinski definition) is 9. The van der Waals surface area contributed by atoms with Crippen LogP contribution in [0.4, 0.5) is 5.13 Å². The summed E-state index contributed by atoms with van der Waals surface area (Å²) in [6.45, 7) is -0.0587. The van der Waals surface area contributed by atoms with Crippen LogP contribution in [0.5, 0.6) is 5.75 Å². The molecule has 2 aliphatic heterocycles. The number of ether oxygens (including phenoxy) is 1. The number of carbonyl (C=O) groups excluding carboxylic acids is 3. The summed E-state index contributed by atoms with van der Waals surface area (Å²) in [4.78, 5) is 55.5. The number of imide groups is 1. The Morgan fingerprint density at radius 1 is 0.975 bits per heavy atom. The smallest absolute Gasteiger partial charge is 0.285 e. The predicted octanol–water partition coefficient (Wildman–Crippen LogP) is 5.79. The molecule has 0 aliphatic carbocycles. The van der Waals surface area contributed by atoms with E-state index in [0.717, 1.165) is 20.8 Å². The second-order valence-corrected chi connectivity index (χ2v) is 11.1. The number of aliphatic imine (C=N–C) groups is 1. The molecule has 3 amide bonds. The molecule has 2 aliphatic rings. The van der Waals surface area contributed by atoms with Crippen molar-refractivity contribution in [2.45, 2.75) is 0 Å². The Kier molecular flexibility index (Phi) is 7.11. The second-order valence-electron chi connectivity index (χ2n) is 8.63. The van der Waals surface area contributed by atoms with Crippen molar-refractivity contribution in [2.24, 2.45) is 4.99 Å². The van der Waals surface area contributed by atoms with Gasteiger partial charge in [0.15, 0.2) is 5.17 Å². The summed E-state index contributed by atoms with van der Waals surface area (Å²) in [5, 5.41) is 2.20. The maximum atomic E-state index is 13.5. The van der Waals surface area contributed by atoms with Crippen molar-refractivity contribution >= 4 is 79.0 Å². The van der Waals surface area contributed by atoms with Crippen LogP contribution in [0.15, 0.2) is 76.6 Å². The fraction of sp³-hybridized carbons (Fsp3) is 0.107. The van der Waals surface area contributed by atoms with Crippen LogP contribution >= 0.6 is 34.7 Å². The average Bonchev–Trinajstić information content (AvgIpc) is 3.57. The third-order valence-corrected chi connectivity index (χ3v) is 8.28. The van der Waals surface area contributed by atoms with Gasteiger partial charge in [-0.05, 0) is 65.9 Å². The van der Waals surface area contributed by atoms with Gasteiger partial charge < -0.3 is 4.74 Å². The number of amidine groups is 1. The van der Waals surface area contributed by atoms with E-state index in [4.69, 9.17) is 21.2 Å². The Bertz CT molecular complexity index is 1700. The Morgan fingerprint density at radius 2 is 1.70 bits per heavy atom. The van der Waals surface area contributed by atoms with Crippen molar-refractivity contribution in [3.8, 4) is 5.75 Å². The number of thioether (sulfide) groups is 1. The normalized spacial score (nSPS) is 17.1. The lowest BCUT2D eigenvalue weighted by Gasteiger charge is -2.18. The fourth-order valence-electron chi connectivity index (χ4n) is 4.16. The maximum Gasteiger partial charge on any atom is 0.285 e. The first kappa shape index (κ1) is 26.2. The van der Waals surface area contributed by atoms with E-state index in [-0.39, 0.29) is 30.2 Å². The molecule has 0 spiro atoms. The lowest BCUT2D eigenvalue weighted by molar-refractivity contribution is -0.125. The highest BCUT2D eigenvalue weighted by Gasteiger charge is 2.38. The third kappa shape index (κ3) is 5.00. The van der Waals surface area contributed by atoms with E-state index < -0.39 is 11.8 Å². The zero-order chi connectivity index (χ0) is 27.8. The maximum absolute atomic E-state index is 13.5. The molecule has 0 saturated carbocycles. The Morgan fingerprint density at radius 3 is 2.40 bits per heavy atom. The molecule has 4 aromatic rings. The molecule has 200 valence electrons. The molecule has 0 radical (unpaired) electrons. The number of halogens is 1. The zero-order valence-corrected chi connectivity index (χ0v) is 23.3. The van der Waals surface area contributed by atoms with Crippen molar-refractivity contribution in [1.29, 1.82) is 0 Å². The van der Waals surface area contributed by atoms with Gasteiger partial charge in [0.05, 0.1) is 46.5 Å². The standard InChI is InChI=1S/C28H19ClN4O5S2/c1-37-18-9-6-16(7-10-18)14-23-26(36)32(12-13-38-33-24(34)19-4-2-3-5-20(19)25(33)35)28(40-23)31-27-30-21-11-8-17(29)15-22(21)39-27/h2-11,14-15H,12-13H2,1H3/b23-14-,31-28-. The minimum atomic E-state index is -0.537. The van der Waals surface area contributed by atoms with Gasteiger partial charge in [-0.1, -0.05) is 47.2 Å². The molecule has 0 atom stereocenters. The monoisotopic (exact) mass is 590 g/mol. The van der Waals surface area contributed by atoms with Gasteiger partial charge in [-0.3, -0.25) is 24.1 Å². The summed E-state index contributed by atoms with van der Waals surface area (Å²) < 4.78 is 6.09. The first-order valence-corrected chi connectivity index (χ1v) is 14.0. The van der Waals surface area contributed by atoms with E-state index >= 15 is 0 Å². The number of hydrogen-bond donors (Lipinski definition) is 0. The molecule has 9 nitrogen and oxygen atoms in total. The van der Waals surface area contributed by atoms with E-state index in [2.05, 4.69) is 9.98 Å². The quantitative estimate of drug-likeness (QED) is 0.198. The SMILES string of the molecule is COc1ccc(/C=C2\S/C(=N\c3nc4ccc(Cl)cc4s3)N(CCON3C(=O)c4ccccc4C3=O)C2=O)cc1. The Labute approximate surface area is 241 Å². The lowest BCUT2D eigenvalue weighted by Crippen LogP contribution is -2.36. The highest BCUT2D eigenvalue weighted by Crippen LogP contribution is 2.37. The molecule has 1 saturated heterocycles. The van der Waals surface area contributed by atoms with Gasteiger partial charge in [0.25, 0.3) is 17.7 Å². The number of nitrogens with zero attached hydrogens (tertiary/aromatic N) is 4. The molecular formula is C28H19ClN4O5S2. The molecule has 0 N–H and O–H groups in total. The molecule has 40 heavy (non-hydrogen) atoms. The van der Waals surface area contributed by atoms with Gasteiger partial charge >= 0.3 is 0 Å². The number of benzene rings is 3. The van der Waals surface area contributed by atoms with E-state index in [1.54, 1.807) is 43.5 Å². The molecular weight excluding hydrogens is 572 g/mol. The number of rotatable bonds is 7. The van der Waals surface area contributed by atoms with Gasteiger partial charge in [-0.15, -0.1) is 5.06 Å². The number of amides is 3. The molecule has 12 heteroatoms. The number of aromatic nitrogens is 1. The molecule has 1 aromatic heterocycles. The van der Waals surface area contributed by atoms with Crippen LogP contribution in [0.3, 0.4) is 0 Å². The predicted molar refractivity (Wildman–Crippen MR) is 155 cm³/mol. The number of methoxy groups -OCH3 is 1. The molecule has 0 bridgehead atoms. The number of fused-ring (bicyclic) bond motifs is 2. The Hall–Kier alpha value is -4.03. The van der Waals surface area contributed by atoms with E-state index in [9.17, 15) is 14.4 Å². The van der Waals surface area contributed by atoms with E-state index in [1.165, 1.54) is 28.0 Å². The highest BCUT2D eigenvalue weighted by molar-refractivity contribution is 8.18. The summed E-state index contributed by atoms with van der Waals surface area (Å²) in [6.07, 6.45) is 1.77. The molecule has 3 aromatic carbocycles. The van der Waals surface area contributed by atoms with Crippen LogP contribution in [0, 0.1) is 0 Å². The fourth-order valence-corrected chi connectivity index (χ4v) is 6.34. The Balaban J connectivity index is 1.25. The number of thiazole rings is 1. The first-order valence-electron chi connectivity index (χ1n) is 12.0. The van der Waals surface area contributed by atoms with Crippen LogP contribution < -0.4 is 4.74 Å². The van der Waals surface area contributed by atoms with Crippen LogP contribution in [0.2, 0.25) is 5.02 Å². The summed E-state index contributed by atoms with van der Waals surface area (Å²) >= 11 is 8.68. The zero-order valence-electron chi connectivity index (χ0n) is 20.9. The topological polar surface area (TPSA) is 101 Å². The molecule has 6 rings (SSSR count). The number of carbonyl (C=O) groups is 3. The van der Waals surface area contributed by atoms with Crippen LogP contribution in [0.1, 0.15) is 26.3 Å². The summed E-state index contributed by atoms with van der Waals surface area (Å²) in [6, 6.07) is 19.2. The summed E-state index contributed by atoms with van der Waals surface area (Å²) in [7, 11) is 1.59. The minimum absolute atomic E-state index is 0.0503. The minimum Gasteiger partial charge on any atom is -0.497 e. The van der Waals surface area contributed by atoms with Crippen LogP contribution in [-0.2, 0) is 9.63 Å². The van der Waals surface area contributed by atoms with Gasteiger partial charge in [0.2, 0.25) is 5.13 Å².